The average Bonchev–Trinajstić information content (AvgIpc) is 2.49. The molecule has 106 valence electrons. The molecule has 0 saturated heterocycles. The zero-order valence-corrected chi connectivity index (χ0v) is 13.1. The molecule has 1 aromatic carbocycles. The highest BCUT2D eigenvalue weighted by Gasteiger charge is 2.36. The lowest BCUT2D eigenvalue weighted by atomic mass is 9.90. The van der Waals surface area contributed by atoms with Crippen molar-refractivity contribution < 1.29 is 0 Å². The molecule has 20 heavy (non-hydrogen) atoms. The van der Waals surface area contributed by atoms with Gasteiger partial charge in [-0.05, 0) is 50.0 Å². The number of nitrogens with zero attached hydrogens (tertiary/aromatic N) is 1. The van der Waals surface area contributed by atoms with Crippen LogP contribution in [0.15, 0.2) is 36.0 Å². The van der Waals surface area contributed by atoms with Gasteiger partial charge in [-0.2, -0.15) is 0 Å². The molecular formula is C18H24N2. The first kappa shape index (κ1) is 13.3. The molecule has 0 unspecified atom stereocenters. The molecule has 1 N–H and O–H groups in total. The summed E-state index contributed by atoms with van der Waals surface area (Å²) in [6, 6.07) is 6.59. The summed E-state index contributed by atoms with van der Waals surface area (Å²) in [5.41, 5.74) is 6.70. The molecule has 3 rings (SSSR count). The molecule has 0 spiro atoms. The molecule has 0 bridgehead atoms. The smallest absolute Gasteiger partial charge is 0.0576 e. The lowest BCUT2D eigenvalue weighted by Gasteiger charge is -2.24. The van der Waals surface area contributed by atoms with Crippen LogP contribution in [0.2, 0.25) is 0 Å². The van der Waals surface area contributed by atoms with Crippen LogP contribution in [0.5, 0.6) is 0 Å². The van der Waals surface area contributed by atoms with Crippen LogP contribution in [0.1, 0.15) is 40.2 Å². The maximum Gasteiger partial charge on any atom is 0.0576 e. The van der Waals surface area contributed by atoms with Gasteiger partial charge in [0.1, 0.15) is 0 Å². The number of allylic oxidation sites excluding steroid dienone is 2. The van der Waals surface area contributed by atoms with Crippen molar-refractivity contribution in [2.45, 2.75) is 40.2 Å². The summed E-state index contributed by atoms with van der Waals surface area (Å²) in [6.07, 6.45) is 4.62. The fourth-order valence-electron chi connectivity index (χ4n) is 3.26. The van der Waals surface area contributed by atoms with Crippen LogP contribution in [-0.2, 0) is 0 Å². The molecule has 0 radical (unpaired) electrons. The van der Waals surface area contributed by atoms with Gasteiger partial charge in [-0.25, -0.2) is 0 Å². The van der Waals surface area contributed by atoms with E-state index in [1.807, 2.05) is 0 Å². The second-order valence-electron chi connectivity index (χ2n) is 6.93. The minimum atomic E-state index is 0.00137. The fourth-order valence-corrected chi connectivity index (χ4v) is 3.26. The Morgan fingerprint density at radius 3 is 2.70 bits per heavy atom. The third kappa shape index (κ3) is 2.04. The predicted molar refractivity (Wildman–Crippen MR) is 88.1 cm³/mol. The van der Waals surface area contributed by atoms with Crippen molar-refractivity contribution in [2.24, 2.45) is 5.92 Å². The first-order valence-corrected chi connectivity index (χ1v) is 7.47. The van der Waals surface area contributed by atoms with Gasteiger partial charge in [0, 0.05) is 24.0 Å². The summed E-state index contributed by atoms with van der Waals surface area (Å²) in [7, 11) is 0. The van der Waals surface area contributed by atoms with Crippen molar-refractivity contribution in [2.75, 3.05) is 16.8 Å². The minimum Gasteiger partial charge on any atom is -0.376 e. The highest BCUT2D eigenvalue weighted by atomic mass is 15.1. The molecule has 0 amide bonds. The van der Waals surface area contributed by atoms with Crippen LogP contribution in [0, 0.1) is 5.92 Å². The predicted octanol–water partition coefficient (Wildman–Crippen LogP) is 4.65. The molecule has 0 fully saturated rings. The number of hydrogen-bond donors (Lipinski definition) is 1. The number of hydrogen-bond acceptors (Lipinski definition) is 2. The number of anilines is 2. The van der Waals surface area contributed by atoms with E-state index < -0.39 is 0 Å². The molecular weight excluding hydrogens is 244 g/mol. The second kappa shape index (κ2) is 4.41. The molecule has 2 heteroatoms. The van der Waals surface area contributed by atoms with Gasteiger partial charge in [-0.3, -0.25) is 0 Å². The van der Waals surface area contributed by atoms with Crippen molar-refractivity contribution in [3.8, 4) is 0 Å². The van der Waals surface area contributed by atoms with E-state index in [2.05, 4.69) is 75.3 Å². The zero-order valence-electron chi connectivity index (χ0n) is 13.1. The number of nitrogens with one attached hydrogen (secondary N) is 1. The van der Waals surface area contributed by atoms with Gasteiger partial charge >= 0.3 is 0 Å². The van der Waals surface area contributed by atoms with Crippen molar-refractivity contribution in [1.29, 1.82) is 0 Å². The van der Waals surface area contributed by atoms with Gasteiger partial charge in [-0.15, -0.1) is 0 Å². The van der Waals surface area contributed by atoms with Gasteiger partial charge in [0.15, 0.2) is 0 Å². The third-order valence-electron chi connectivity index (χ3n) is 4.04. The van der Waals surface area contributed by atoms with Gasteiger partial charge in [0.05, 0.1) is 11.2 Å². The Balaban J connectivity index is 2.20. The van der Waals surface area contributed by atoms with Gasteiger partial charge in [-0.1, -0.05) is 26.0 Å². The number of benzene rings is 1. The van der Waals surface area contributed by atoms with Crippen molar-refractivity contribution in [3.05, 3.63) is 41.6 Å². The van der Waals surface area contributed by atoms with Crippen LogP contribution in [0.25, 0.3) is 5.57 Å². The third-order valence-corrected chi connectivity index (χ3v) is 4.04. The van der Waals surface area contributed by atoms with E-state index in [-0.39, 0.29) is 5.54 Å². The lowest BCUT2D eigenvalue weighted by molar-refractivity contribution is 0.648. The van der Waals surface area contributed by atoms with Crippen LogP contribution in [0.4, 0.5) is 11.4 Å². The normalized spacial score (nSPS) is 19.2. The summed E-state index contributed by atoms with van der Waals surface area (Å²) >= 11 is 0. The Labute approximate surface area is 122 Å². The molecule has 0 saturated carbocycles. The summed E-state index contributed by atoms with van der Waals surface area (Å²) in [6.45, 7) is 12.3. The second-order valence-corrected chi connectivity index (χ2v) is 6.93. The molecule has 2 heterocycles. The lowest BCUT2D eigenvalue weighted by Crippen LogP contribution is -2.26. The standard InChI is InChI=1S/C18H24N2/c1-12(2)10-20-11-13(3)9-14-17-15(19-18(14,4)5)7-6-8-16(17)20/h6-9,11-12,19H,10H2,1-5H3. The van der Waals surface area contributed by atoms with E-state index in [1.165, 1.54) is 28.1 Å². The minimum absolute atomic E-state index is 0.00137. The first-order chi connectivity index (χ1) is 9.38. The first-order valence-electron chi connectivity index (χ1n) is 7.47. The highest BCUT2D eigenvalue weighted by Crippen LogP contribution is 2.48. The van der Waals surface area contributed by atoms with Crippen molar-refractivity contribution in [1.82, 2.24) is 0 Å². The maximum atomic E-state index is 3.66. The van der Waals surface area contributed by atoms with E-state index in [9.17, 15) is 0 Å². The maximum absolute atomic E-state index is 3.66. The zero-order chi connectivity index (χ0) is 14.5. The van der Waals surface area contributed by atoms with E-state index in [0.29, 0.717) is 5.92 Å². The van der Waals surface area contributed by atoms with E-state index in [4.69, 9.17) is 0 Å². The van der Waals surface area contributed by atoms with Crippen LogP contribution < -0.4 is 10.2 Å². The van der Waals surface area contributed by atoms with E-state index in [0.717, 1.165) is 6.54 Å². The molecule has 0 aliphatic carbocycles. The summed E-state index contributed by atoms with van der Waals surface area (Å²) in [5.74, 6) is 0.638. The molecule has 0 aromatic heterocycles. The number of rotatable bonds is 2. The van der Waals surface area contributed by atoms with Gasteiger partial charge < -0.3 is 10.2 Å². The van der Waals surface area contributed by atoms with E-state index >= 15 is 0 Å². The average molecular weight is 268 g/mol. The highest BCUT2D eigenvalue weighted by molar-refractivity contribution is 5.97. The Kier molecular flexibility index (Phi) is 2.93. The molecule has 0 atom stereocenters. The summed E-state index contributed by atoms with van der Waals surface area (Å²) in [4.78, 5) is 2.41. The summed E-state index contributed by atoms with van der Waals surface area (Å²) < 4.78 is 0. The monoisotopic (exact) mass is 268 g/mol. The largest absolute Gasteiger partial charge is 0.376 e. The van der Waals surface area contributed by atoms with Gasteiger partial charge in [0.2, 0.25) is 0 Å². The SMILES string of the molecule is CC1=CN(CC(C)C)c2cccc3c2C(=C1)C(C)(C)N3. The van der Waals surface area contributed by atoms with Crippen LogP contribution >= 0.6 is 0 Å². The van der Waals surface area contributed by atoms with E-state index in [1.54, 1.807) is 0 Å². The Hall–Kier alpha value is -1.70. The van der Waals surface area contributed by atoms with Crippen LogP contribution in [0.3, 0.4) is 0 Å². The molecule has 1 aromatic rings. The van der Waals surface area contributed by atoms with Crippen molar-refractivity contribution >= 4 is 16.9 Å². The Morgan fingerprint density at radius 2 is 2.00 bits per heavy atom. The Morgan fingerprint density at radius 1 is 1.25 bits per heavy atom. The van der Waals surface area contributed by atoms with Gasteiger partial charge in [0.25, 0.3) is 0 Å². The fraction of sp³-hybridized carbons (Fsp3) is 0.444. The topological polar surface area (TPSA) is 15.3 Å². The quantitative estimate of drug-likeness (QED) is 0.839. The Bertz CT molecular complexity index is 606. The van der Waals surface area contributed by atoms with Crippen molar-refractivity contribution in [3.63, 3.8) is 0 Å². The molecule has 2 nitrogen and oxygen atoms in total. The summed E-state index contributed by atoms with van der Waals surface area (Å²) in [5, 5.41) is 3.66. The van der Waals surface area contributed by atoms with Crippen LogP contribution in [-0.4, -0.2) is 12.1 Å². The molecule has 2 aliphatic rings. The molecule has 2 aliphatic heterocycles.